The van der Waals surface area contributed by atoms with Crippen molar-refractivity contribution in [1.82, 2.24) is 0 Å². The molecule has 0 aromatic heterocycles. The molecule has 0 aliphatic heterocycles. The van der Waals surface area contributed by atoms with Gasteiger partial charge in [-0.2, -0.15) is 0 Å². The number of nitrogens with one attached hydrogen (secondary N) is 1. The molecule has 1 amide bonds. The van der Waals surface area contributed by atoms with E-state index >= 15 is 0 Å². The Morgan fingerprint density at radius 1 is 1.08 bits per heavy atom. The van der Waals surface area contributed by atoms with E-state index in [0.29, 0.717) is 11.3 Å². The van der Waals surface area contributed by atoms with Gasteiger partial charge in [-0.15, -0.1) is 0 Å². The third kappa shape index (κ3) is 3.12. The molecule has 4 saturated carbocycles. The number of hydrogen-bond acceptors (Lipinski definition) is 1. The van der Waals surface area contributed by atoms with E-state index in [1.807, 2.05) is 0 Å². The Morgan fingerprint density at radius 2 is 1.62 bits per heavy atom. The van der Waals surface area contributed by atoms with Gasteiger partial charge in [-0.25, -0.2) is 0 Å². The lowest BCUT2D eigenvalue weighted by Gasteiger charge is -2.56. The van der Waals surface area contributed by atoms with E-state index in [0.717, 1.165) is 36.3 Å². The van der Waals surface area contributed by atoms with Gasteiger partial charge in [-0.3, -0.25) is 4.79 Å². The van der Waals surface area contributed by atoms with Gasteiger partial charge in [0.25, 0.3) is 0 Å². The van der Waals surface area contributed by atoms with Crippen molar-refractivity contribution in [1.29, 1.82) is 0 Å². The third-order valence-electron chi connectivity index (χ3n) is 7.08. The van der Waals surface area contributed by atoms with Crippen LogP contribution in [0.5, 0.6) is 0 Å². The van der Waals surface area contributed by atoms with Crippen LogP contribution in [0.1, 0.15) is 76.7 Å². The molecule has 1 unspecified atom stereocenters. The fourth-order valence-corrected chi connectivity index (χ4v) is 6.18. The summed E-state index contributed by atoms with van der Waals surface area (Å²) in [6.45, 7) is 4.46. The maximum absolute atomic E-state index is 12.7. The fraction of sp³-hybridized carbons (Fsp3) is 0.682. The Bertz CT molecular complexity index is 568. The van der Waals surface area contributed by atoms with Crippen LogP contribution >= 0.6 is 0 Å². The number of benzene rings is 1. The van der Waals surface area contributed by atoms with Crippen molar-refractivity contribution in [2.24, 2.45) is 23.2 Å². The fourth-order valence-electron chi connectivity index (χ4n) is 6.18. The first kappa shape index (κ1) is 16.2. The van der Waals surface area contributed by atoms with Crippen molar-refractivity contribution in [2.45, 2.75) is 71.1 Å². The van der Waals surface area contributed by atoms with Gasteiger partial charge in [0, 0.05) is 12.1 Å². The summed E-state index contributed by atoms with van der Waals surface area (Å²) >= 11 is 0. The van der Waals surface area contributed by atoms with Crippen LogP contribution in [0.4, 0.5) is 5.69 Å². The number of carbonyl (C=O) groups excluding carboxylic acids is 1. The second kappa shape index (κ2) is 6.20. The first-order valence-corrected chi connectivity index (χ1v) is 9.95. The van der Waals surface area contributed by atoms with E-state index in [1.54, 1.807) is 0 Å². The maximum atomic E-state index is 12.7. The van der Waals surface area contributed by atoms with Crippen LogP contribution < -0.4 is 5.32 Å². The summed E-state index contributed by atoms with van der Waals surface area (Å²) in [5.41, 5.74) is 2.64. The molecule has 0 spiro atoms. The molecular formula is C22H31NO. The summed E-state index contributed by atoms with van der Waals surface area (Å²) in [6.07, 6.45) is 10.1. The highest BCUT2D eigenvalue weighted by atomic mass is 16.1. The van der Waals surface area contributed by atoms with Gasteiger partial charge in [-0.1, -0.05) is 26.0 Å². The topological polar surface area (TPSA) is 29.1 Å². The molecule has 4 bridgehead atoms. The van der Waals surface area contributed by atoms with Crippen molar-refractivity contribution in [3.63, 3.8) is 0 Å². The number of hydrogen-bond donors (Lipinski definition) is 1. The second-order valence-corrected chi connectivity index (χ2v) is 9.07. The van der Waals surface area contributed by atoms with E-state index in [1.165, 1.54) is 44.1 Å². The van der Waals surface area contributed by atoms with E-state index in [4.69, 9.17) is 0 Å². The molecule has 5 rings (SSSR count). The van der Waals surface area contributed by atoms with Crippen LogP contribution in [0.3, 0.4) is 0 Å². The van der Waals surface area contributed by atoms with E-state index in [9.17, 15) is 4.79 Å². The molecule has 1 N–H and O–H groups in total. The number of carbonyl (C=O) groups is 1. The van der Waals surface area contributed by atoms with Gasteiger partial charge in [0.15, 0.2) is 0 Å². The molecule has 2 heteroatoms. The van der Waals surface area contributed by atoms with Gasteiger partial charge < -0.3 is 5.32 Å². The van der Waals surface area contributed by atoms with Crippen molar-refractivity contribution in [2.75, 3.05) is 5.32 Å². The Hall–Kier alpha value is -1.31. The predicted octanol–water partition coefficient (Wildman–Crippen LogP) is 5.75. The van der Waals surface area contributed by atoms with Crippen LogP contribution in [0.2, 0.25) is 0 Å². The Kier molecular flexibility index (Phi) is 4.18. The minimum atomic E-state index is 0.230. The zero-order valence-electron chi connectivity index (χ0n) is 15.2. The number of amides is 1. The molecule has 1 aromatic carbocycles. The molecule has 4 aliphatic carbocycles. The number of rotatable bonds is 5. The van der Waals surface area contributed by atoms with Crippen LogP contribution in [0.15, 0.2) is 24.3 Å². The van der Waals surface area contributed by atoms with Crippen LogP contribution in [0.25, 0.3) is 0 Å². The SMILES string of the molecule is CCC(C)c1ccc(NC(=O)CC23CC4CC(CC(C4)C2)C3)cc1. The largest absolute Gasteiger partial charge is 0.326 e. The number of anilines is 1. The van der Waals surface area contributed by atoms with Crippen molar-refractivity contribution in [3.05, 3.63) is 29.8 Å². The van der Waals surface area contributed by atoms with Crippen LogP contribution in [-0.2, 0) is 4.79 Å². The smallest absolute Gasteiger partial charge is 0.224 e. The minimum Gasteiger partial charge on any atom is -0.326 e. The van der Waals surface area contributed by atoms with Crippen LogP contribution in [0, 0.1) is 23.2 Å². The van der Waals surface area contributed by atoms with E-state index < -0.39 is 0 Å². The molecular weight excluding hydrogens is 294 g/mol. The highest BCUT2D eigenvalue weighted by molar-refractivity contribution is 5.91. The quantitative estimate of drug-likeness (QED) is 0.734. The second-order valence-electron chi connectivity index (χ2n) is 9.07. The molecule has 4 fully saturated rings. The molecule has 0 heterocycles. The van der Waals surface area contributed by atoms with Gasteiger partial charge in [0.2, 0.25) is 5.91 Å². The minimum absolute atomic E-state index is 0.230. The van der Waals surface area contributed by atoms with E-state index in [2.05, 4.69) is 43.4 Å². The molecule has 2 nitrogen and oxygen atoms in total. The highest BCUT2D eigenvalue weighted by Crippen LogP contribution is 2.61. The summed E-state index contributed by atoms with van der Waals surface area (Å²) in [7, 11) is 0. The molecule has 130 valence electrons. The summed E-state index contributed by atoms with van der Waals surface area (Å²) in [5, 5.41) is 3.16. The first-order valence-electron chi connectivity index (χ1n) is 9.95. The van der Waals surface area contributed by atoms with Gasteiger partial charge in [0.1, 0.15) is 0 Å². The standard InChI is InChI=1S/C22H31NO/c1-3-15(2)19-4-6-20(7-5-19)23-21(24)14-22-11-16-8-17(12-22)10-18(9-16)13-22/h4-7,15-18H,3,8-14H2,1-2H3,(H,23,24). The summed E-state index contributed by atoms with van der Waals surface area (Å²) in [6, 6.07) is 8.46. The zero-order valence-corrected chi connectivity index (χ0v) is 15.2. The summed E-state index contributed by atoms with van der Waals surface area (Å²) in [4.78, 5) is 12.7. The van der Waals surface area contributed by atoms with Crippen molar-refractivity contribution >= 4 is 11.6 Å². The van der Waals surface area contributed by atoms with Gasteiger partial charge >= 0.3 is 0 Å². The Labute approximate surface area is 146 Å². The Balaban J connectivity index is 1.38. The van der Waals surface area contributed by atoms with Crippen LogP contribution in [-0.4, -0.2) is 5.91 Å². The van der Waals surface area contributed by atoms with Gasteiger partial charge in [0.05, 0.1) is 0 Å². The first-order chi connectivity index (χ1) is 11.5. The van der Waals surface area contributed by atoms with Crippen molar-refractivity contribution < 1.29 is 4.79 Å². The third-order valence-corrected chi connectivity index (χ3v) is 7.08. The summed E-state index contributed by atoms with van der Waals surface area (Å²) < 4.78 is 0. The highest BCUT2D eigenvalue weighted by Gasteiger charge is 2.51. The lowest BCUT2D eigenvalue weighted by Crippen LogP contribution is -2.47. The molecule has 0 saturated heterocycles. The predicted molar refractivity (Wildman–Crippen MR) is 99.0 cm³/mol. The lowest BCUT2D eigenvalue weighted by atomic mass is 9.49. The normalized spacial score (nSPS) is 35.0. The molecule has 24 heavy (non-hydrogen) atoms. The summed E-state index contributed by atoms with van der Waals surface area (Å²) in [5.74, 6) is 3.56. The van der Waals surface area contributed by atoms with E-state index in [-0.39, 0.29) is 5.91 Å². The average Bonchev–Trinajstić information content (AvgIpc) is 2.53. The average molecular weight is 325 g/mol. The molecule has 0 radical (unpaired) electrons. The zero-order chi connectivity index (χ0) is 16.7. The lowest BCUT2D eigenvalue weighted by molar-refractivity contribution is -0.124. The molecule has 4 aliphatic rings. The van der Waals surface area contributed by atoms with Crippen molar-refractivity contribution in [3.8, 4) is 0 Å². The Morgan fingerprint density at radius 3 is 2.12 bits per heavy atom. The van der Waals surface area contributed by atoms with Gasteiger partial charge in [-0.05, 0) is 91.7 Å². The molecule has 1 atom stereocenters. The monoisotopic (exact) mass is 325 g/mol. The maximum Gasteiger partial charge on any atom is 0.224 e. The molecule has 1 aromatic rings.